The van der Waals surface area contributed by atoms with Crippen molar-refractivity contribution in [3.63, 3.8) is 0 Å². The van der Waals surface area contributed by atoms with Crippen LogP contribution in [0.5, 0.6) is 0 Å². The van der Waals surface area contributed by atoms with Crippen molar-refractivity contribution < 1.29 is 9.59 Å². The predicted octanol–water partition coefficient (Wildman–Crippen LogP) is 1.27. The molecule has 3 N–H and O–H groups in total. The summed E-state index contributed by atoms with van der Waals surface area (Å²) in [5, 5.41) is 9.38. The Kier molecular flexibility index (Phi) is 7.24. The summed E-state index contributed by atoms with van der Waals surface area (Å²) in [6, 6.07) is 9.80. The zero-order valence-corrected chi connectivity index (χ0v) is 16.2. The highest BCUT2D eigenvalue weighted by molar-refractivity contribution is 5.82. The molecule has 0 aromatic heterocycles. The van der Waals surface area contributed by atoms with Gasteiger partial charge in [0.1, 0.15) is 0 Å². The largest absolute Gasteiger partial charge is 0.354 e. The van der Waals surface area contributed by atoms with Crippen LogP contribution in [0, 0.1) is 5.92 Å². The monoisotopic (exact) mass is 372 g/mol. The normalized spacial score (nSPS) is 24.3. The van der Waals surface area contributed by atoms with Crippen LogP contribution >= 0.6 is 0 Å². The Morgan fingerprint density at radius 2 is 2.00 bits per heavy atom. The van der Waals surface area contributed by atoms with Gasteiger partial charge in [0.15, 0.2) is 0 Å². The third-order valence-corrected chi connectivity index (χ3v) is 5.73. The van der Waals surface area contributed by atoms with E-state index < -0.39 is 0 Å². The van der Waals surface area contributed by atoms with E-state index in [1.54, 1.807) is 0 Å². The Labute approximate surface area is 162 Å². The molecule has 2 saturated heterocycles. The molecule has 2 fully saturated rings. The molecule has 6 heteroatoms. The molecule has 2 aliphatic rings. The molecule has 2 heterocycles. The van der Waals surface area contributed by atoms with E-state index >= 15 is 0 Å². The molecule has 0 spiro atoms. The van der Waals surface area contributed by atoms with Gasteiger partial charge < -0.3 is 16.0 Å². The van der Waals surface area contributed by atoms with Crippen LogP contribution in [0.25, 0.3) is 0 Å². The van der Waals surface area contributed by atoms with Crippen LogP contribution in [-0.2, 0) is 16.1 Å². The van der Waals surface area contributed by atoms with Crippen molar-refractivity contribution in [1.29, 1.82) is 0 Å². The first kappa shape index (κ1) is 19.8. The second-order valence-corrected chi connectivity index (χ2v) is 7.78. The van der Waals surface area contributed by atoms with Gasteiger partial charge in [0.25, 0.3) is 0 Å². The number of hydrogen-bond donors (Lipinski definition) is 3. The molecule has 0 aliphatic carbocycles. The van der Waals surface area contributed by atoms with Crippen molar-refractivity contribution >= 4 is 11.8 Å². The molecule has 0 saturated carbocycles. The summed E-state index contributed by atoms with van der Waals surface area (Å²) in [7, 11) is 0. The molecule has 0 bridgehead atoms. The molecule has 3 atom stereocenters. The van der Waals surface area contributed by atoms with Gasteiger partial charge in [-0.2, -0.15) is 0 Å². The van der Waals surface area contributed by atoms with Crippen molar-refractivity contribution in [2.75, 3.05) is 26.2 Å². The number of benzene rings is 1. The zero-order chi connectivity index (χ0) is 19.1. The fraction of sp³-hybridized carbons (Fsp3) is 0.619. The van der Waals surface area contributed by atoms with Gasteiger partial charge in [-0.05, 0) is 57.2 Å². The van der Waals surface area contributed by atoms with Gasteiger partial charge >= 0.3 is 0 Å². The molecule has 1 aromatic carbocycles. The first-order valence-corrected chi connectivity index (χ1v) is 10.2. The highest BCUT2D eigenvalue weighted by atomic mass is 16.2. The average Bonchev–Trinajstić information content (AvgIpc) is 3.25. The quantitative estimate of drug-likeness (QED) is 0.674. The average molecular weight is 373 g/mol. The molecule has 27 heavy (non-hydrogen) atoms. The van der Waals surface area contributed by atoms with Gasteiger partial charge in [-0.15, -0.1) is 0 Å². The van der Waals surface area contributed by atoms with Crippen LogP contribution < -0.4 is 16.0 Å². The number of amides is 2. The number of hydrogen-bond acceptors (Lipinski definition) is 4. The highest BCUT2D eigenvalue weighted by Crippen LogP contribution is 2.18. The third kappa shape index (κ3) is 5.78. The Balaban J connectivity index is 1.42. The number of likely N-dealkylation sites (tertiary alicyclic amines) is 1. The third-order valence-electron chi connectivity index (χ3n) is 5.73. The van der Waals surface area contributed by atoms with Crippen molar-refractivity contribution in [2.45, 2.75) is 51.2 Å². The van der Waals surface area contributed by atoms with E-state index in [4.69, 9.17) is 0 Å². The summed E-state index contributed by atoms with van der Waals surface area (Å²) in [5.74, 6) is 0.602. The summed E-state index contributed by atoms with van der Waals surface area (Å²) in [6.45, 7) is 5.97. The van der Waals surface area contributed by atoms with Crippen molar-refractivity contribution in [2.24, 2.45) is 5.92 Å². The lowest BCUT2D eigenvalue weighted by Crippen LogP contribution is -2.51. The minimum Gasteiger partial charge on any atom is -0.354 e. The van der Waals surface area contributed by atoms with Crippen LogP contribution in [0.3, 0.4) is 0 Å². The molecule has 6 nitrogen and oxygen atoms in total. The lowest BCUT2D eigenvalue weighted by molar-refractivity contribution is -0.127. The molecule has 3 rings (SSSR count). The molecular weight excluding hydrogens is 340 g/mol. The maximum absolute atomic E-state index is 12.5. The van der Waals surface area contributed by atoms with Crippen LogP contribution in [0.15, 0.2) is 30.3 Å². The van der Waals surface area contributed by atoms with E-state index in [1.165, 1.54) is 0 Å². The topological polar surface area (TPSA) is 73.5 Å². The number of carbonyl (C=O) groups is 2. The number of rotatable bonds is 7. The van der Waals surface area contributed by atoms with E-state index in [-0.39, 0.29) is 23.9 Å². The second kappa shape index (κ2) is 9.85. The summed E-state index contributed by atoms with van der Waals surface area (Å²) in [5.41, 5.74) is 1.11. The second-order valence-electron chi connectivity index (χ2n) is 7.78. The van der Waals surface area contributed by atoms with Gasteiger partial charge in [-0.3, -0.25) is 14.5 Å². The molecular formula is C21H32N4O2. The van der Waals surface area contributed by atoms with Crippen molar-refractivity contribution in [1.82, 2.24) is 20.9 Å². The van der Waals surface area contributed by atoms with Gasteiger partial charge in [-0.25, -0.2) is 0 Å². The van der Waals surface area contributed by atoms with E-state index in [0.717, 1.165) is 50.9 Å². The van der Waals surface area contributed by atoms with Gasteiger partial charge in [0.05, 0.1) is 12.1 Å². The van der Waals surface area contributed by atoms with Crippen LogP contribution in [0.2, 0.25) is 0 Å². The summed E-state index contributed by atoms with van der Waals surface area (Å²) >= 11 is 0. The Hall–Kier alpha value is -1.92. The smallest absolute Gasteiger partial charge is 0.237 e. The molecule has 0 radical (unpaired) electrons. The summed E-state index contributed by atoms with van der Waals surface area (Å²) < 4.78 is 0. The first-order valence-electron chi connectivity index (χ1n) is 10.2. The highest BCUT2D eigenvalue weighted by Gasteiger charge is 2.28. The predicted molar refractivity (Wildman–Crippen MR) is 106 cm³/mol. The van der Waals surface area contributed by atoms with Crippen molar-refractivity contribution in [3.8, 4) is 0 Å². The molecule has 148 valence electrons. The lowest BCUT2D eigenvalue weighted by atomic mass is 9.96. The first-order chi connectivity index (χ1) is 13.1. The number of piperidine rings is 1. The SMILES string of the molecule is CC(C(=O)NCc1ccccc1)N1CCCC(CNC(=O)C2CCCN2)C1. The maximum atomic E-state index is 12.5. The number of nitrogens with one attached hydrogen (secondary N) is 3. The standard InChI is InChI=1S/C21H32N4O2/c1-16(20(26)23-13-17-7-3-2-4-8-17)25-12-6-9-18(15-25)14-24-21(27)19-10-5-11-22-19/h2-4,7-8,16,18-19,22H,5-6,9-15H2,1H3,(H,23,26)(H,24,27). The van der Waals surface area contributed by atoms with Crippen LogP contribution in [0.4, 0.5) is 0 Å². The van der Waals surface area contributed by atoms with E-state index in [2.05, 4.69) is 20.9 Å². The van der Waals surface area contributed by atoms with E-state index in [9.17, 15) is 9.59 Å². The lowest BCUT2D eigenvalue weighted by Gasteiger charge is -2.36. The fourth-order valence-electron chi connectivity index (χ4n) is 3.99. The van der Waals surface area contributed by atoms with Crippen molar-refractivity contribution in [3.05, 3.63) is 35.9 Å². The fourth-order valence-corrected chi connectivity index (χ4v) is 3.99. The minimum atomic E-state index is -0.149. The zero-order valence-electron chi connectivity index (χ0n) is 16.2. The molecule has 2 amide bonds. The minimum absolute atomic E-state index is 0.0209. The Bertz CT molecular complexity index is 616. The van der Waals surface area contributed by atoms with E-state index in [0.29, 0.717) is 19.0 Å². The molecule has 2 aliphatic heterocycles. The summed E-state index contributed by atoms with van der Waals surface area (Å²) in [6.07, 6.45) is 4.18. The molecule has 3 unspecified atom stereocenters. The Morgan fingerprint density at radius 1 is 1.19 bits per heavy atom. The van der Waals surface area contributed by atoms with E-state index in [1.807, 2.05) is 37.3 Å². The van der Waals surface area contributed by atoms with Gasteiger partial charge in [0.2, 0.25) is 11.8 Å². The maximum Gasteiger partial charge on any atom is 0.237 e. The number of nitrogens with zero attached hydrogens (tertiary/aromatic N) is 1. The van der Waals surface area contributed by atoms with Gasteiger partial charge in [-0.1, -0.05) is 30.3 Å². The Morgan fingerprint density at radius 3 is 2.74 bits per heavy atom. The van der Waals surface area contributed by atoms with Gasteiger partial charge in [0, 0.05) is 19.6 Å². The van der Waals surface area contributed by atoms with Crippen LogP contribution in [-0.4, -0.2) is 55.0 Å². The summed E-state index contributed by atoms with van der Waals surface area (Å²) in [4.78, 5) is 27.0. The number of carbonyl (C=O) groups excluding carboxylic acids is 2. The van der Waals surface area contributed by atoms with Crippen LogP contribution in [0.1, 0.15) is 38.2 Å². The molecule has 1 aromatic rings.